The minimum Gasteiger partial charge on any atom is -0.450 e. The molecule has 2 fully saturated rings. The Hall–Kier alpha value is -2.08. The van der Waals surface area contributed by atoms with Gasteiger partial charge in [0.05, 0.1) is 6.61 Å². The van der Waals surface area contributed by atoms with Crippen molar-refractivity contribution in [2.75, 3.05) is 45.9 Å². The normalized spacial score (nSPS) is 19.2. The number of piperidine rings is 1. The zero-order chi connectivity index (χ0) is 19.2. The van der Waals surface area contributed by atoms with Gasteiger partial charge in [-0.1, -0.05) is 19.1 Å². The molecule has 0 atom stereocenters. The number of likely N-dealkylation sites (tertiary alicyclic amines) is 1. The van der Waals surface area contributed by atoms with Gasteiger partial charge in [0.1, 0.15) is 0 Å². The molecule has 0 saturated carbocycles. The summed E-state index contributed by atoms with van der Waals surface area (Å²) in [5.74, 6) is 0.877. The van der Waals surface area contributed by atoms with Crippen molar-refractivity contribution in [2.24, 2.45) is 5.92 Å². The maximum absolute atomic E-state index is 12.7. The average Bonchev–Trinajstić information content (AvgIpc) is 2.70. The fourth-order valence-corrected chi connectivity index (χ4v) is 3.72. The highest BCUT2D eigenvalue weighted by Crippen LogP contribution is 2.19. The van der Waals surface area contributed by atoms with Crippen LogP contribution in [0.25, 0.3) is 0 Å². The van der Waals surface area contributed by atoms with Gasteiger partial charge >= 0.3 is 6.09 Å². The molecule has 0 radical (unpaired) electrons. The Morgan fingerprint density at radius 1 is 0.963 bits per heavy atom. The lowest BCUT2D eigenvalue weighted by molar-refractivity contribution is 0.0570. The zero-order valence-corrected chi connectivity index (χ0v) is 16.5. The number of benzene rings is 1. The van der Waals surface area contributed by atoms with Gasteiger partial charge in [0.2, 0.25) is 0 Å². The first-order valence-electron chi connectivity index (χ1n) is 10.1. The number of rotatable bonds is 4. The third kappa shape index (κ3) is 5.22. The summed E-state index contributed by atoms with van der Waals surface area (Å²) in [7, 11) is 0. The summed E-state index contributed by atoms with van der Waals surface area (Å²) >= 11 is 0. The summed E-state index contributed by atoms with van der Waals surface area (Å²) in [6.45, 7) is 9.92. The van der Waals surface area contributed by atoms with E-state index >= 15 is 0 Å². The Balaban J connectivity index is 1.50. The summed E-state index contributed by atoms with van der Waals surface area (Å²) < 4.78 is 5.02. The van der Waals surface area contributed by atoms with Crippen molar-refractivity contribution in [3.63, 3.8) is 0 Å². The molecule has 1 aromatic rings. The molecule has 2 aliphatic heterocycles. The second-order valence-corrected chi connectivity index (χ2v) is 7.63. The van der Waals surface area contributed by atoms with E-state index in [2.05, 4.69) is 24.0 Å². The molecule has 2 saturated heterocycles. The number of nitrogens with zero attached hydrogens (tertiary/aromatic N) is 3. The maximum atomic E-state index is 12.7. The number of hydrogen-bond donors (Lipinski definition) is 0. The molecule has 3 rings (SSSR count). The number of carbonyl (C=O) groups is 2. The predicted molar refractivity (Wildman–Crippen MR) is 105 cm³/mol. The van der Waals surface area contributed by atoms with E-state index < -0.39 is 0 Å². The van der Waals surface area contributed by atoms with Crippen LogP contribution < -0.4 is 0 Å². The lowest BCUT2D eigenvalue weighted by Gasteiger charge is -2.34. The SMILES string of the molecule is CCOC(=O)N1CCN(C(=O)c2ccc(CN3CCC(C)CC3)cc2)CC1. The highest BCUT2D eigenvalue weighted by molar-refractivity contribution is 5.94. The van der Waals surface area contributed by atoms with Crippen LogP contribution in [0.3, 0.4) is 0 Å². The third-order valence-corrected chi connectivity index (χ3v) is 5.58. The first kappa shape index (κ1) is 19.7. The smallest absolute Gasteiger partial charge is 0.409 e. The molecule has 2 aliphatic rings. The minimum atomic E-state index is -0.291. The van der Waals surface area contributed by atoms with Crippen LogP contribution in [0.4, 0.5) is 4.79 Å². The second-order valence-electron chi connectivity index (χ2n) is 7.63. The van der Waals surface area contributed by atoms with Crippen LogP contribution in [-0.2, 0) is 11.3 Å². The van der Waals surface area contributed by atoms with Gasteiger partial charge in [-0.15, -0.1) is 0 Å². The van der Waals surface area contributed by atoms with Crippen LogP contribution in [-0.4, -0.2) is 72.6 Å². The van der Waals surface area contributed by atoms with E-state index in [1.54, 1.807) is 11.8 Å². The Morgan fingerprint density at radius 3 is 2.15 bits per heavy atom. The number of amides is 2. The Morgan fingerprint density at radius 2 is 1.56 bits per heavy atom. The Bertz CT molecular complexity index is 631. The van der Waals surface area contributed by atoms with Crippen molar-refractivity contribution in [2.45, 2.75) is 33.2 Å². The average molecular weight is 373 g/mol. The van der Waals surface area contributed by atoms with Gasteiger partial charge in [-0.25, -0.2) is 4.79 Å². The van der Waals surface area contributed by atoms with Crippen LogP contribution in [0.15, 0.2) is 24.3 Å². The summed E-state index contributed by atoms with van der Waals surface area (Å²) in [4.78, 5) is 30.5. The summed E-state index contributed by atoms with van der Waals surface area (Å²) in [6.07, 6.45) is 2.25. The van der Waals surface area contributed by atoms with Crippen molar-refractivity contribution in [3.8, 4) is 0 Å². The van der Waals surface area contributed by atoms with Crippen molar-refractivity contribution >= 4 is 12.0 Å². The monoisotopic (exact) mass is 373 g/mol. The fourth-order valence-electron chi connectivity index (χ4n) is 3.72. The number of hydrogen-bond acceptors (Lipinski definition) is 4. The van der Waals surface area contributed by atoms with Gasteiger partial charge in [0.25, 0.3) is 5.91 Å². The molecule has 6 nitrogen and oxygen atoms in total. The molecule has 0 N–H and O–H groups in total. The summed E-state index contributed by atoms with van der Waals surface area (Å²) in [5, 5.41) is 0. The van der Waals surface area contributed by atoms with E-state index in [1.165, 1.54) is 18.4 Å². The molecule has 27 heavy (non-hydrogen) atoms. The number of piperazine rings is 1. The van der Waals surface area contributed by atoms with E-state index in [0.717, 1.165) is 31.1 Å². The number of ether oxygens (including phenoxy) is 1. The largest absolute Gasteiger partial charge is 0.450 e. The van der Waals surface area contributed by atoms with Gasteiger partial charge in [-0.2, -0.15) is 0 Å². The van der Waals surface area contributed by atoms with Crippen LogP contribution in [0.5, 0.6) is 0 Å². The van der Waals surface area contributed by atoms with Gasteiger partial charge in [-0.3, -0.25) is 9.69 Å². The Labute approximate surface area is 162 Å². The summed E-state index contributed by atoms with van der Waals surface area (Å²) in [6, 6.07) is 8.00. The van der Waals surface area contributed by atoms with E-state index in [0.29, 0.717) is 32.8 Å². The zero-order valence-electron chi connectivity index (χ0n) is 16.5. The molecule has 2 amide bonds. The molecule has 2 heterocycles. The van der Waals surface area contributed by atoms with Crippen LogP contribution in [0.1, 0.15) is 42.6 Å². The van der Waals surface area contributed by atoms with E-state index in [9.17, 15) is 9.59 Å². The lowest BCUT2D eigenvalue weighted by Crippen LogP contribution is -2.50. The van der Waals surface area contributed by atoms with Crippen molar-refractivity contribution in [3.05, 3.63) is 35.4 Å². The van der Waals surface area contributed by atoms with Gasteiger partial charge in [0, 0.05) is 38.3 Å². The molecule has 1 aromatic carbocycles. The minimum absolute atomic E-state index is 0.0388. The van der Waals surface area contributed by atoms with E-state index in [4.69, 9.17) is 4.74 Å². The maximum Gasteiger partial charge on any atom is 0.409 e. The standard InChI is InChI=1S/C21H31N3O3/c1-3-27-21(26)24-14-12-23(13-15-24)20(25)19-6-4-18(5-7-19)16-22-10-8-17(2)9-11-22/h4-7,17H,3,8-16H2,1-2H3. The molecule has 0 aliphatic carbocycles. The van der Waals surface area contributed by atoms with Crippen LogP contribution in [0, 0.1) is 5.92 Å². The van der Waals surface area contributed by atoms with Gasteiger partial charge < -0.3 is 14.5 Å². The summed E-state index contributed by atoms with van der Waals surface area (Å²) in [5.41, 5.74) is 1.98. The van der Waals surface area contributed by atoms with Gasteiger partial charge in [0.15, 0.2) is 0 Å². The van der Waals surface area contributed by atoms with Crippen molar-refractivity contribution in [1.29, 1.82) is 0 Å². The van der Waals surface area contributed by atoms with E-state index in [1.807, 2.05) is 17.0 Å². The first-order chi connectivity index (χ1) is 13.1. The van der Waals surface area contributed by atoms with Gasteiger partial charge in [-0.05, 0) is 56.5 Å². The third-order valence-electron chi connectivity index (χ3n) is 5.58. The highest BCUT2D eigenvalue weighted by Gasteiger charge is 2.25. The number of carbonyl (C=O) groups excluding carboxylic acids is 2. The van der Waals surface area contributed by atoms with Crippen LogP contribution in [0.2, 0.25) is 0 Å². The molecule has 0 spiro atoms. The van der Waals surface area contributed by atoms with Crippen molar-refractivity contribution in [1.82, 2.24) is 14.7 Å². The highest BCUT2D eigenvalue weighted by atomic mass is 16.6. The molecule has 6 heteroatoms. The molecule has 0 bridgehead atoms. The topological polar surface area (TPSA) is 53.1 Å². The first-order valence-corrected chi connectivity index (χ1v) is 10.1. The molecule has 148 valence electrons. The fraction of sp³-hybridized carbons (Fsp3) is 0.619. The van der Waals surface area contributed by atoms with Crippen molar-refractivity contribution < 1.29 is 14.3 Å². The Kier molecular flexibility index (Phi) is 6.72. The lowest BCUT2D eigenvalue weighted by atomic mass is 9.99. The predicted octanol–water partition coefficient (Wildman–Crippen LogP) is 2.83. The van der Waals surface area contributed by atoms with E-state index in [-0.39, 0.29) is 12.0 Å². The van der Waals surface area contributed by atoms with Crippen LogP contribution >= 0.6 is 0 Å². The second kappa shape index (κ2) is 9.22. The quantitative estimate of drug-likeness (QED) is 0.814. The molecular weight excluding hydrogens is 342 g/mol. The molecule has 0 unspecified atom stereocenters. The molecule has 0 aromatic heterocycles. The molecular formula is C21H31N3O3.